The number of ether oxygens (including phenoxy) is 3. The van der Waals surface area contributed by atoms with Crippen molar-refractivity contribution < 1.29 is 44.9 Å². The maximum atomic E-state index is 14.7. The highest BCUT2D eigenvalue weighted by Gasteiger charge is 2.41. The van der Waals surface area contributed by atoms with Gasteiger partial charge < -0.3 is 14.2 Å². The number of hydrogen-bond donors (Lipinski definition) is 0. The maximum absolute atomic E-state index is 14.7. The number of halogens is 7. The lowest BCUT2D eigenvalue weighted by Gasteiger charge is -2.27. The molecule has 0 spiro atoms. The molecule has 0 radical (unpaired) electrons. The maximum Gasteiger partial charge on any atom is 0.432 e. The van der Waals surface area contributed by atoms with Crippen molar-refractivity contribution in [1.82, 2.24) is 0 Å². The first-order valence-electron chi connectivity index (χ1n) is 10.1. The Labute approximate surface area is 189 Å². The highest BCUT2D eigenvalue weighted by atomic mass is 19.3. The monoisotopic (exact) mass is 486 g/mol. The first-order valence-corrected chi connectivity index (χ1v) is 10.1. The third-order valence-electron chi connectivity index (χ3n) is 5.11. The van der Waals surface area contributed by atoms with Gasteiger partial charge in [-0.2, -0.15) is 8.78 Å². The van der Waals surface area contributed by atoms with Crippen molar-refractivity contribution in [3.05, 3.63) is 88.7 Å². The van der Waals surface area contributed by atoms with Gasteiger partial charge in [-0.25, -0.2) is 22.0 Å². The summed E-state index contributed by atoms with van der Waals surface area (Å²) in [6.07, 6.45) is -5.38. The average molecular weight is 486 g/mol. The van der Waals surface area contributed by atoms with Gasteiger partial charge >= 0.3 is 6.11 Å². The van der Waals surface area contributed by atoms with Crippen LogP contribution in [0, 0.1) is 35.0 Å². The van der Waals surface area contributed by atoms with Crippen molar-refractivity contribution in [2.75, 3.05) is 13.2 Å². The minimum absolute atomic E-state index is 0.175. The van der Waals surface area contributed by atoms with Crippen molar-refractivity contribution >= 4 is 0 Å². The van der Waals surface area contributed by atoms with E-state index in [4.69, 9.17) is 9.47 Å². The fraction of sp³-hybridized carbons (Fsp3) is 0.250. The average Bonchev–Trinajstić information content (AvgIpc) is 2.76. The smallest absolute Gasteiger partial charge is 0.429 e. The number of benzene rings is 3. The summed E-state index contributed by atoms with van der Waals surface area (Å²) in [6, 6.07) is 6.28. The Bertz CT molecular complexity index is 1180. The summed E-state index contributed by atoms with van der Waals surface area (Å²) in [7, 11) is 0. The van der Waals surface area contributed by atoms with Crippen LogP contribution in [0.4, 0.5) is 30.7 Å². The summed E-state index contributed by atoms with van der Waals surface area (Å²) < 4.78 is 114. The first-order chi connectivity index (χ1) is 16.0. The van der Waals surface area contributed by atoms with E-state index in [1.54, 1.807) is 0 Å². The second-order valence-electron chi connectivity index (χ2n) is 7.85. The van der Waals surface area contributed by atoms with E-state index in [1.165, 1.54) is 12.1 Å². The molecule has 0 unspecified atom stereocenters. The summed E-state index contributed by atoms with van der Waals surface area (Å²) in [4.78, 5) is 0. The molecule has 3 aromatic carbocycles. The molecule has 3 aromatic rings. The van der Waals surface area contributed by atoms with Gasteiger partial charge in [0, 0.05) is 23.1 Å². The van der Waals surface area contributed by atoms with Crippen LogP contribution in [-0.2, 0) is 15.6 Å². The van der Waals surface area contributed by atoms with Crippen LogP contribution in [0.15, 0.2) is 48.5 Å². The Kier molecular flexibility index (Phi) is 6.55. The third kappa shape index (κ3) is 4.88. The van der Waals surface area contributed by atoms with E-state index in [0.29, 0.717) is 49.1 Å². The molecule has 4 rings (SSSR count). The summed E-state index contributed by atoms with van der Waals surface area (Å²) >= 11 is 0. The zero-order chi connectivity index (χ0) is 24.6. The predicted molar refractivity (Wildman–Crippen MR) is 106 cm³/mol. The second-order valence-corrected chi connectivity index (χ2v) is 7.85. The van der Waals surface area contributed by atoms with Crippen LogP contribution in [0.2, 0.25) is 0 Å². The minimum Gasteiger partial charge on any atom is -0.429 e. The first kappa shape index (κ1) is 24.0. The molecule has 180 valence electrons. The van der Waals surface area contributed by atoms with Crippen molar-refractivity contribution in [2.24, 2.45) is 5.92 Å². The van der Waals surface area contributed by atoms with E-state index >= 15 is 0 Å². The molecule has 34 heavy (non-hydrogen) atoms. The second kappa shape index (κ2) is 9.27. The molecule has 0 aromatic heterocycles. The Hall–Kier alpha value is -3.11. The van der Waals surface area contributed by atoms with Crippen molar-refractivity contribution in [3.8, 4) is 16.9 Å². The summed E-state index contributed by atoms with van der Waals surface area (Å²) in [6.45, 7) is 2.73. The van der Waals surface area contributed by atoms with E-state index in [0.717, 1.165) is 6.07 Å². The Morgan fingerprint density at radius 3 is 2.00 bits per heavy atom. The van der Waals surface area contributed by atoms with Crippen LogP contribution in [0.5, 0.6) is 5.75 Å². The molecule has 10 heteroatoms. The molecule has 3 nitrogen and oxygen atoms in total. The Balaban J connectivity index is 1.61. The lowest BCUT2D eigenvalue weighted by Crippen LogP contribution is -2.25. The molecular weight excluding hydrogens is 469 g/mol. The molecule has 1 saturated heterocycles. The number of hydrogen-bond acceptors (Lipinski definition) is 3. The normalized spacial score (nSPS) is 18.7. The van der Waals surface area contributed by atoms with E-state index in [1.807, 2.05) is 6.92 Å². The quantitative estimate of drug-likeness (QED) is 0.369. The fourth-order valence-electron chi connectivity index (χ4n) is 3.45. The largest absolute Gasteiger partial charge is 0.432 e. The van der Waals surface area contributed by atoms with Gasteiger partial charge in [-0.15, -0.1) is 0 Å². The van der Waals surface area contributed by atoms with Crippen LogP contribution in [0.1, 0.15) is 24.3 Å². The molecule has 0 saturated carbocycles. The van der Waals surface area contributed by atoms with Gasteiger partial charge in [0.05, 0.1) is 13.2 Å². The molecule has 0 bridgehead atoms. The van der Waals surface area contributed by atoms with Gasteiger partial charge in [0.25, 0.3) is 0 Å². The topological polar surface area (TPSA) is 27.7 Å². The molecule has 1 heterocycles. The zero-order valence-corrected chi connectivity index (χ0v) is 17.6. The standard InChI is InChI=1S/C24H17F7O3/c1-12-10-32-23(33-11-12)13-2-4-16(18(26)6-13)14-7-20(28)22(21(29)8-14)24(30,31)34-15-3-5-17(25)19(27)9-15/h2-9,12,23H,10-11H2,1H3. The van der Waals surface area contributed by atoms with Gasteiger partial charge in [0.15, 0.2) is 17.9 Å². The van der Waals surface area contributed by atoms with Crippen LogP contribution < -0.4 is 4.74 Å². The highest BCUT2D eigenvalue weighted by molar-refractivity contribution is 5.65. The minimum atomic E-state index is -4.58. The summed E-state index contributed by atoms with van der Waals surface area (Å²) in [5, 5.41) is 0. The number of alkyl halides is 2. The lowest BCUT2D eigenvalue weighted by atomic mass is 10.00. The molecule has 0 amide bonds. The SMILES string of the molecule is CC1COC(c2ccc(-c3cc(F)c(C(F)(F)Oc4ccc(F)c(F)c4)c(F)c3)c(F)c2)OC1. The van der Waals surface area contributed by atoms with Crippen LogP contribution in [-0.4, -0.2) is 13.2 Å². The number of rotatable bonds is 5. The molecule has 1 aliphatic heterocycles. The Morgan fingerprint density at radius 2 is 1.41 bits per heavy atom. The Morgan fingerprint density at radius 1 is 0.765 bits per heavy atom. The molecule has 1 fully saturated rings. The van der Waals surface area contributed by atoms with Gasteiger partial charge in [-0.1, -0.05) is 19.1 Å². The van der Waals surface area contributed by atoms with E-state index in [-0.39, 0.29) is 17.0 Å². The van der Waals surface area contributed by atoms with Gasteiger partial charge in [-0.3, -0.25) is 0 Å². The summed E-state index contributed by atoms with van der Waals surface area (Å²) in [5.74, 6) is -7.80. The van der Waals surface area contributed by atoms with Crippen LogP contribution in [0.3, 0.4) is 0 Å². The lowest BCUT2D eigenvalue weighted by molar-refractivity contribution is -0.202. The van der Waals surface area contributed by atoms with E-state index in [2.05, 4.69) is 4.74 Å². The zero-order valence-electron chi connectivity index (χ0n) is 17.6. The highest BCUT2D eigenvalue weighted by Crippen LogP contribution is 2.38. The predicted octanol–water partition coefficient (Wildman–Crippen LogP) is 6.86. The van der Waals surface area contributed by atoms with Crippen molar-refractivity contribution in [2.45, 2.75) is 19.3 Å². The van der Waals surface area contributed by atoms with Crippen LogP contribution >= 0.6 is 0 Å². The van der Waals surface area contributed by atoms with Crippen molar-refractivity contribution in [3.63, 3.8) is 0 Å². The fourth-order valence-corrected chi connectivity index (χ4v) is 3.45. The molecule has 1 aliphatic rings. The van der Waals surface area contributed by atoms with E-state index < -0.39 is 52.8 Å². The van der Waals surface area contributed by atoms with Crippen molar-refractivity contribution in [1.29, 1.82) is 0 Å². The molecular formula is C24H17F7O3. The molecule has 0 N–H and O–H groups in total. The summed E-state index contributed by atoms with van der Waals surface area (Å²) in [5.41, 5.74) is -2.01. The molecule has 0 aliphatic carbocycles. The van der Waals surface area contributed by atoms with Gasteiger partial charge in [0.1, 0.15) is 28.8 Å². The third-order valence-corrected chi connectivity index (χ3v) is 5.11. The van der Waals surface area contributed by atoms with E-state index in [9.17, 15) is 30.7 Å². The molecule has 0 atom stereocenters. The van der Waals surface area contributed by atoms with Crippen LogP contribution in [0.25, 0.3) is 11.1 Å². The van der Waals surface area contributed by atoms with Gasteiger partial charge in [0.2, 0.25) is 0 Å². The van der Waals surface area contributed by atoms with Gasteiger partial charge in [-0.05, 0) is 35.9 Å².